The molecule has 0 radical (unpaired) electrons. The van der Waals surface area contributed by atoms with E-state index in [-0.39, 0.29) is 17.7 Å². The van der Waals surface area contributed by atoms with Crippen LogP contribution in [0.1, 0.15) is 23.4 Å². The summed E-state index contributed by atoms with van der Waals surface area (Å²) in [6.07, 6.45) is 2.00. The molecule has 1 atom stereocenters. The fraction of sp³-hybridized carbons (Fsp3) is 0.133. The largest absolute Gasteiger partial charge is 0.508 e. The third kappa shape index (κ3) is 2.28. The van der Waals surface area contributed by atoms with Gasteiger partial charge in [-0.15, -0.1) is 11.3 Å². The second-order valence-corrected chi connectivity index (χ2v) is 5.55. The molecule has 2 N–H and O–H groups in total. The van der Waals surface area contributed by atoms with E-state index >= 15 is 0 Å². The van der Waals surface area contributed by atoms with Gasteiger partial charge in [0.15, 0.2) is 0 Å². The molecule has 0 aliphatic carbocycles. The highest BCUT2D eigenvalue weighted by atomic mass is 32.1. The average molecular weight is 286 g/mol. The Balaban J connectivity index is 1.99. The molecule has 0 saturated heterocycles. The molecule has 5 heteroatoms. The number of thiophene rings is 1. The highest BCUT2D eigenvalue weighted by Gasteiger charge is 2.29. The standard InChI is InChI=1S/C15H14N2O2S/c1-10(18)17-14(11-4-2-5-12(19)8-11)9-13(16-17)15-6-3-7-20-15/h2-9,14,16,19H,1H3/t14-/m0/s1. The number of nitrogens with zero attached hydrogens (tertiary/aromatic N) is 1. The molecule has 1 amide bonds. The van der Waals surface area contributed by atoms with E-state index < -0.39 is 0 Å². The minimum absolute atomic E-state index is 0.0684. The van der Waals surface area contributed by atoms with Crippen molar-refractivity contribution in [2.45, 2.75) is 13.0 Å². The molecular weight excluding hydrogens is 272 g/mol. The molecule has 1 aliphatic rings. The minimum atomic E-state index is -0.211. The van der Waals surface area contributed by atoms with E-state index in [9.17, 15) is 9.90 Å². The number of phenolic OH excluding ortho intramolecular Hbond substituents is 1. The number of phenols is 1. The van der Waals surface area contributed by atoms with Gasteiger partial charge in [-0.2, -0.15) is 0 Å². The van der Waals surface area contributed by atoms with Crippen molar-refractivity contribution in [2.75, 3.05) is 0 Å². The molecule has 1 aliphatic heterocycles. The summed E-state index contributed by atoms with van der Waals surface area (Å²) in [7, 11) is 0. The molecule has 102 valence electrons. The minimum Gasteiger partial charge on any atom is -0.508 e. The van der Waals surface area contributed by atoms with Crippen LogP contribution in [0.2, 0.25) is 0 Å². The zero-order chi connectivity index (χ0) is 14.1. The van der Waals surface area contributed by atoms with Crippen LogP contribution in [0.15, 0.2) is 47.9 Å². The second kappa shape index (κ2) is 5.02. The van der Waals surface area contributed by atoms with Crippen LogP contribution in [-0.2, 0) is 4.79 Å². The Morgan fingerprint density at radius 2 is 2.20 bits per heavy atom. The lowest BCUT2D eigenvalue weighted by Gasteiger charge is -2.23. The second-order valence-electron chi connectivity index (χ2n) is 4.60. The Morgan fingerprint density at radius 1 is 1.35 bits per heavy atom. The van der Waals surface area contributed by atoms with E-state index in [0.29, 0.717) is 0 Å². The van der Waals surface area contributed by atoms with Crippen LogP contribution in [0.4, 0.5) is 0 Å². The molecule has 4 nitrogen and oxygen atoms in total. The number of aromatic hydroxyl groups is 1. The number of amides is 1. The maximum Gasteiger partial charge on any atom is 0.238 e. The van der Waals surface area contributed by atoms with Gasteiger partial charge in [-0.25, -0.2) is 5.01 Å². The summed E-state index contributed by atoms with van der Waals surface area (Å²) < 4.78 is 0. The van der Waals surface area contributed by atoms with E-state index in [4.69, 9.17) is 0 Å². The van der Waals surface area contributed by atoms with Crippen LogP contribution in [0.5, 0.6) is 5.75 Å². The molecule has 3 rings (SSSR count). The SMILES string of the molecule is CC(=O)N1NC(c2cccs2)=C[C@H]1c1cccc(O)c1. The first-order valence-electron chi connectivity index (χ1n) is 6.26. The van der Waals surface area contributed by atoms with Crippen molar-refractivity contribution >= 4 is 22.9 Å². The topological polar surface area (TPSA) is 52.6 Å². The number of rotatable bonds is 2. The maximum atomic E-state index is 11.8. The van der Waals surface area contributed by atoms with E-state index in [1.165, 1.54) is 6.92 Å². The molecule has 2 heterocycles. The predicted octanol–water partition coefficient (Wildman–Crippen LogP) is 2.90. The number of hydrogen-bond acceptors (Lipinski definition) is 4. The van der Waals surface area contributed by atoms with Crippen LogP contribution >= 0.6 is 11.3 Å². The smallest absolute Gasteiger partial charge is 0.238 e. The molecule has 0 unspecified atom stereocenters. The molecule has 0 spiro atoms. The zero-order valence-corrected chi connectivity index (χ0v) is 11.7. The molecule has 20 heavy (non-hydrogen) atoms. The van der Waals surface area contributed by atoms with Gasteiger partial charge in [0.1, 0.15) is 5.75 Å². The van der Waals surface area contributed by atoms with Gasteiger partial charge >= 0.3 is 0 Å². The number of nitrogens with one attached hydrogen (secondary N) is 1. The highest BCUT2D eigenvalue weighted by Crippen LogP contribution is 2.33. The van der Waals surface area contributed by atoms with E-state index in [1.807, 2.05) is 29.7 Å². The van der Waals surface area contributed by atoms with Crippen molar-refractivity contribution in [3.8, 4) is 5.75 Å². The maximum absolute atomic E-state index is 11.8. The van der Waals surface area contributed by atoms with Crippen molar-refractivity contribution in [3.05, 3.63) is 58.3 Å². The summed E-state index contributed by atoms with van der Waals surface area (Å²) in [5.74, 6) is 0.130. The fourth-order valence-electron chi connectivity index (χ4n) is 2.27. The molecule has 1 aromatic carbocycles. The van der Waals surface area contributed by atoms with Crippen LogP contribution in [0.3, 0.4) is 0 Å². The first-order chi connectivity index (χ1) is 9.65. The number of benzene rings is 1. The average Bonchev–Trinajstić information content (AvgIpc) is 3.08. The normalized spacial score (nSPS) is 17.8. The molecule has 0 fully saturated rings. The molecule has 2 aromatic rings. The predicted molar refractivity (Wildman–Crippen MR) is 78.8 cm³/mol. The quantitative estimate of drug-likeness (QED) is 0.892. The summed E-state index contributed by atoms with van der Waals surface area (Å²) in [5.41, 5.74) is 4.93. The van der Waals surface area contributed by atoms with Crippen molar-refractivity contribution < 1.29 is 9.90 Å². The lowest BCUT2D eigenvalue weighted by atomic mass is 10.1. The van der Waals surface area contributed by atoms with Gasteiger partial charge in [-0.05, 0) is 35.2 Å². The number of carbonyl (C=O) groups excluding carboxylic acids is 1. The van der Waals surface area contributed by atoms with Crippen LogP contribution < -0.4 is 5.43 Å². The number of carbonyl (C=O) groups is 1. The van der Waals surface area contributed by atoms with E-state index in [0.717, 1.165) is 16.1 Å². The van der Waals surface area contributed by atoms with Crippen LogP contribution in [0, 0.1) is 0 Å². The fourth-order valence-corrected chi connectivity index (χ4v) is 2.97. The van der Waals surface area contributed by atoms with Gasteiger partial charge in [0.2, 0.25) is 5.91 Å². The van der Waals surface area contributed by atoms with Crippen molar-refractivity contribution in [1.82, 2.24) is 10.4 Å². The van der Waals surface area contributed by atoms with Gasteiger partial charge in [-0.1, -0.05) is 18.2 Å². The summed E-state index contributed by atoms with van der Waals surface area (Å²) >= 11 is 1.62. The first kappa shape index (κ1) is 12.7. The third-order valence-corrected chi connectivity index (χ3v) is 4.08. The van der Waals surface area contributed by atoms with Gasteiger partial charge < -0.3 is 5.11 Å². The Bertz CT molecular complexity index is 664. The lowest BCUT2D eigenvalue weighted by molar-refractivity contribution is -0.132. The summed E-state index contributed by atoms with van der Waals surface area (Å²) in [5, 5.41) is 13.2. The molecule has 0 saturated carbocycles. The van der Waals surface area contributed by atoms with Gasteiger partial charge in [-0.3, -0.25) is 10.2 Å². The lowest BCUT2D eigenvalue weighted by Crippen LogP contribution is -2.37. The van der Waals surface area contributed by atoms with Gasteiger partial charge in [0.25, 0.3) is 0 Å². The van der Waals surface area contributed by atoms with E-state index in [2.05, 4.69) is 5.43 Å². The Morgan fingerprint density at radius 3 is 2.85 bits per heavy atom. The number of hydrazine groups is 1. The Labute approximate surface area is 120 Å². The highest BCUT2D eigenvalue weighted by molar-refractivity contribution is 7.11. The monoisotopic (exact) mass is 286 g/mol. The van der Waals surface area contributed by atoms with Crippen molar-refractivity contribution in [3.63, 3.8) is 0 Å². The van der Waals surface area contributed by atoms with Gasteiger partial charge in [0, 0.05) is 6.92 Å². The Hall–Kier alpha value is -2.27. The zero-order valence-electron chi connectivity index (χ0n) is 10.9. The van der Waals surface area contributed by atoms with E-state index in [1.54, 1.807) is 34.5 Å². The molecular formula is C15H14N2O2S. The van der Waals surface area contributed by atoms with Crippen molar-refractivity contribution in [2.24, 2.45) is 0 Å². The summed E-state index contributed by atoms with van der Waals surface area (Å²) in [6, 6.07) is 10.7. The summed E-state index contributed by atoms with van der Waals surface area (Å²) in [4.78, 5) is 12.9. The third-order valence-electron chi connectivity index (χ3n) is 3.18. The van der Waals surface area contributed by atoms with Crippen LogP contribution in [-0.4, -0.2) is 16.0 Å². The van der Waals surface area contributed by atoms with Crippen LogP contribution in [0.25, 0.3) is 5.70 Å². The van der Waals surface area contributed by atoms with Gasteiger partial charge in [0.05, 0.1) is 16.6 Å². The molecule has 1 aromatic heterocycles. The first-order valence-corrected chi connectivity index (χ1v) is 7.14. The number of hydrogen-bond donors (Lipinski definition) is 2. The molecule has 0 bridgehead atoms. The Kier molecular flexibility index (Phi) is 3.20. The summed E-state index contributed by atoms with van der Waals surface area (Å²) in [6.45, 7) is 1.52. The van der Waals surface area contributed by atoms with Crippen molar-refractivity contribution in [1.29, 1.82) is 0 Å².